The van der Waals surface area contributed by atoms with E-state index in [-0.39, 0.29) is 5.91 Å². The van der Waals surface area contributed by atoms with Crippen LogP contribution < -0.4 is 5.73 Å². The molecule has 1 amide bonds. The molecule has 1 aromatic rings. The molecule has 2 rings (SSSR count). The molecule has 0 atom stereocenters. The van der Waals surface area contributed by atoms with Crippen LogP contribution >= 0.6 is 15.9 Å². The molecule has 0 saturated heterocycles. The highest BCUT2D eigenvalue weighted by Crippen LogP contribution is 2.21. The molecule has 1 aliphatic rings. The zero-order valence-corrected chi connectivity index (χ0v) is 10.3. The first-order valence-electron chi connectivity index (χ1n) is 5.05. The van der Waals surface area contributed by atoms with E-state index in [9.17, 15) is 4.79 Å². The lowest BCUT2D eigenvalue weighted by Gasteiger charge is -2.08. The van der Waals surface area contributed by atoms with Gasteiger partial charge in [0.15, 0.2) is 0 Å². The number of hydrogen-bond acceptors (Lipinski definition) is 3. The van der Waals surface area contributed by atoms with Gasteiger partial charge in [0.25, 0.3) is 0 Å². The minimum Gasteiger partial charge on any atom is -0.329 e. The van der Waals surface area contributed by atoms with Crippen LogP contribution in [-0.2, 0) is 4.79 Å². The minimum atomic E-state index is 0.0104. The summed E-state index contributed by atoms with van der Waals surface area (Å²) in [5.41, 5.74) is 7.18. The maximum absolute atomic E-state index is 11.6. The van der Waals surface area contributed by atoms with Gasteiger partial charge < -0.3 is 5.73 Å². The summed E-state index contributed by atoms with van der Waals surface area (Å²) < 4.78 is 0.955. The van der Waals surface area contributed by atoms with E-state index in [4.69, 9.17) is 5.73 Å². The summed E-state index contributed by atoms with van der Waals surface area (Å²) in [6, 6.07) is 7.75. The Morgan fingerprint density at radius 3 is 2.88 bits per heavy atom. The second kappa shape index (κ2) is 4.76. The molecule has 1 heterocycles. The lowest BCUT2D eigenvalue weighted by molar-refractivity contribution is -0.128. The first kappa shape index (κ1) is 11.3. The van der Waals surface area contributed by atoms with Gasteiger partial charge in [0, 0.05) is 16.6 Å². The zero-order valence-electron chi connectivity index (χ0n) is 8.69. The van der Waals surface area contributed by atoms with Crippen LogP contribution in [0.25, 0.3) is 0 Å². The lowest BCUT2D eigenvalue weighted by Crippen LogP contribution is -2.26. The van der Waals surface area contributed by atoms with Gasteiger partial charge in [0.05, 0.1) is 18.7 Å². The summed E-state index contributed by atoms with van der Waals surface area (Å²) in [4.78, 5) is 11.6. The highest BCUT2D eigenvalue weighted by atomic mass is 79.9. The van der Waals surface area contributed by atoms with Crippen LogP contribution in [0.1, 0.15) is 12.0 Å². The van der Waals surface area contributed by atoms with Gasteiger partial charge in [-0.3, -0.25) is 4.79 Å². The summed E-state index contributed by atoms with van der Waals surface area (Å²) in [6.45, 7) is 0.908. The third-order valence-corrected chi connectivity index (χ3v) is 3.07. The molecule has 0 bridgehead atoms. The van der Waals surface area contributed by atoms with Crippen LogP contribution in [0.3, 0.4) is 0 Å². The van der Waals surface area contributed by atoms with Crippen LogP contribution in [0, 0.1) is 0 Å². The van der Waals surface area contributed by atoms with Gasteiger partial charge in [-0.05, 0) is 6.07 Å². The van der Waals surface area contributed by atoms with Gasteiger partial charge in [0.1, 0.15) is 0 Å². The number of hydrogen-bond donors (Lipinski definition) is 1. The van der Waals surface area contributed by atoms with Crippen LogP contribution in [0.4, 0.5) is 0 Å². The summed E-state index contributed by atoms with van der Waals surface area (Å²) in [5.74, 6) is 0.0104. The second-order valence-corrected chi connectivity index (χ2v) is 4.36. The fourth-order valence-electron chi connectivity index (χ4n) is 1.61. The Balaban J connectivity index is 2.27. The van der Waals surface area contributed by atoms with Gasteiger partial charge in [0.2, 0.25) is 5.91 Å². The Kier molecular flexibility index (Phi) is 3.36. The molecule has 1 aromatic carbocycles. The zero-order chi connectivity index (χ0) is 11.5. The normalized spacial score (nSPS) is 15.5. The number of rotatable bonds is 3. The number of nitrogens with two attached hydrogens (primary N) is 1. The highest BCUT2D eigenvalue weighted by molar-refractivity contribution is 9.10. The first-order chi connectivity index (χ1) is 7.72. The molecule has 4 nitrogen and oxygen atoms in total. The van der Waals surface area contributed by atoms with Gasteiger partial charge in [-0.25, -0.2) is 5.01 Å². The van der Waals surface area contributed by atoms with Crippen molar-refractivity contribution in [3.8, 4) is 0 Å². The number of hydrazone groups is 1. The molecule has 0 fully saturated rings. The number of benzene rings is 1. The van der Waals surface area contributed by atoms with Crippen molar-refractivity contribution in [2.24, 2.45) is 10.8 Å². The molecule has 1 aliphatic heterocycles. The van der Waals surface area contributed by atoms with Crippen molar-refractivity contribution >= 4 is 27.5 Å². The Labute approximate surface area is 102 Å². The Bertz CT molecular complexity index is 445. The molecule has 0 saturated carbocycles. The van der Waals surface area contributed by atoms with Crippen molar-refractivity contribution in [1.29, 1.82) is 0 Å². The van der Waals surface area contributed by atoms with Crippen LogP contribution in [0.15, 0.2) is 33.8 Å². The minimum absolute atomic E-state index is 0.0104. The highest BCUT2D eigenvalue weighted by Gasteiger charge is 2.24. The van der Waals surface area contributed by atoms with E-state index < -0.39 is 0 Å². The molecule has 2 N–H and O–H groups in total. The smallest absolute Gasteiger partial charge is 0.248 e. The monoisotopic (exact) mass is 281 g/mol. The van der Waals surface area contributed by atoms with Crippen molar-refractivity contribution in [2.75, 3.05) is 13.1 Å². The fourth-order valence-corrected chi connectivity index (χ4v) is 2.13. The maximum Gasteiger partial charge on any atom is 0.248 e. The molecule has 0 aliphatic carbocycles. The van der Waals surface area contributed by atoms with Gasteiger partial charge in [-0.2, -0.15) is 5.10 Å². The van der Waals surface area contributed by atoms with E-state index in [0.717, 1.165) is 15.7 Å². The van der Waals surface area contributed by atoms with E-state index in [1.165, 1.54) is 5.01 Å². The number of nitrogens with zero attached hydrogens (tertiary/aromatic N) is 2. The molecular weight excluding hydrogens is 270 g/mol. The van der Waals surface area contributed by atoms with Crippen molar-refractivity contribution in [1.82, 2.24) is 5.01 Å². The van der Waals surface area contributed by atoms with Gasteiger partial charge in [-0.15, -0.1) is 0 Å². The Morgan fingerprint density at radius 1 is 1.44 bits per heavy atom. The van der Waals surface area contributed by atoms with Crippen molar-refractivity contribution in [3.05, 3.63) is 34.3 Å². The Morgan fingerprint density at radius 2 is 2.19 bits per heavy atom. The van der Waals surface area contributed by atoms with E-state index >= 15 is 0 Å². The number of amides is 1. The summed E-state index contributed by atoms with van der Waals surface area (Å²) in [6.07, 6.45) is 0.350. The summed E-state index contributed by atoms with van der Waals surface area (Å²) in [5, 5.41) is 5.72. The second-order valence-electron chi connectivity index (χ2n) is 3.51. The van der Waals surface area contributed by atoms with E-state index in [1.807, 2.05) is 24.3 Å². The third-order valence-electron chi connectivity index (χ3n) is 2.37. The van der Waals surface area contributed by atoms with Gasteiger partial charge >= 0.3 is 0 Å². The van der Waals surface area contributed by atoms with Crippen molar-refractivity contribution < 1.29 is 4.79 Å². The van der Waals surface area contributed by atoms with E-state index in [2.05, 4.69) is 21.0 Å². The predicted molar refractivity (Wildman–Crippen MR) is 66.1 cm³/mol. The number of halogens is 1. The molecular formula is C11H12BrN3O. The van der Waals surface area contributed by atoms with Gasteiger partial charge in [-0.1, -0.05) is 34.1 Å². The summed E-state index contributed by atoms with van der Waals surface area (Å²) in [7, 11) is 0. The standard InChI is InChI=1S/C11H12BrN3O/c12-9-4-2-1-3-8(9)10-7-11(16)15(14-10)6-5-13/h1-4H,5-7,13H2. The average Bonchev–Trinajstić information content (AvgIpc) is 2.61. The maximum atomic E-state index is 11.6. The number of carbonyl (C=O) groups is 1. The van der Waals surface area contributed by atoms with Crippen LogP contribution in [0.2, 0.25) is 0 Å². The third kappa shape index (κ3) is 2.15. The molecule has 0 spiro atoms. The van der Waals surface area contributed by atoms with E-state index in [0.29, 0.717) is 19.5 Å². The van der Waals surface area contributed by atoms with Crippen LogP contribution in [-0.4, -0.2) is 29.7 Å². The Hall–Kier alpha value is -1.20. The lowest BCUT2D eigenvalue weighted by atomic mass is 10.1. The quantitative estimate of drug-likeness (QED) is 0.909. The molecule has 0 aromatic heterocycles. The molecule has 84 valence electrons. The topological polar surface area (TPSA) is 58.7 Å². The number of carbonyl (C=O) groups excluding carboxylic acids is 1. The van der Waals surface area contributed by atoms with Crippen molar-refractivity contribution in [2.45, 2.75) is 6.42 Å². The molecule has 5 heteroatoms. The predicted octanol–water partition coefficient (Wildman–Crippen LogP) is 1.34. The van der Waals surface area contributed by atoms with Crippen LogP contribution in [0.5, 0.6) is 0 Å². The molecule has 0 unspecified atom stereocenters. The molecule has 16 heavy (non-hydrogen) atoms. The summed E-state index contributed by atoms with van der Waals surface area (Å²) >= 11 is 3.45. The largest absolute Gasteiger partial charge is 0.329 e. The van der Waals surface area contributed by atoms with E-state index in [1.54, 1.807) is 0 Å². The SMILES string of the molecule is NCCN1N=C(c2ccccc2Br)CC1=O. The van der Waals surface area contributed by atoms with Crippen molar-refractivity contribution in [3.63, 3.8) is 0 Å². The first-order valence-corrected chi connectivity index (χ1v) is 5.84. The molecule has 0 radical (unpaired) electrons. The fraction of sp³-hybridized carbons (Fsp3) is 0.273. The average molecular weight is 282 g/mol.